The van der Waals surface area contributed by atoms with Gasteiger partial charge in [-0.05, 0) is 36.6 Å². The number of aryl methyl sites for hydroxylation is 1. The Kier molecular flexibility index (Phi) is 3.03. The van der Waals surface area contributed by atoms with Gasteiger partial charge in [0, 0.05) is 0 Å². The molecule has 0 fully saturated rings. The Labute approximate surface area is 80.5 Å². The number of hydrogen-bond acceptors (Lipinski definition) is 1. The van der Waals surface area contributed by atoms with Gasteiger partial charge < -0.3 is 4.74 Å². The molecule has 1 radical (unpaired) electrons. The number of ether oxygens (including phenoxy) is 1. The van der Waals surface area contributed by atoms with Crippen molar-refractivity contribution < 1.29 is 17.9 Å². The van der Waals surface area contributed by atoms with Crippen LogP contribution in [-0.2, 0) is 6.42 Å². The van der Waals surface area contributed by atoms with Crippen LogP contribution < -0.4 is 4.74 Å². The molecular formula is C10H10F3O. The molecule has 0 heterocycles. The van der Waals surface area contributed by atoms with Gasteiger partial charge >= 0.3 is 6.36 Å². The van der Waals surface area contributed by atoms with Crippen molar-refractivity contribution in [3.05, 3.63) is 36.2 Å². The van der Waals surface area contributed by atoms with Crippen LogP contribution in [0.15, 0.2) is 18.2 Å². The molecule has 0 bridgehead atoms. The molecule has 0 aliphatic rings. The maximum Gasteiger partial charge on any atom is 0.573 e. The Morgan fingerprint density at radius 2 is 1.93 bits per heavy atom. The van der Waals surface area contributed by atoms with Crippen LogP contribution in [0.1, 0.15) is 18.1 Å². The summed E-state index contributed by atoms with van der Waals surface area (Å²) in [6.45, 7) is 5.43. The van der Waals surface area contributed by atoms with E-state index in [9.17, 15) is 13.2 Å². The van der Waals surface area contributed by atoms with Gasteiger partial charge in [0.2, 0.25) is 0 Å². The summed E-state index contributed by atoms with van der Waals surface area (Å²) in [6.07, 6.45) is -3.99. The first-order valence-corrected chi connectivity index (χ1v) is 4.12. The second-order valence-corrected chi connectivity index (χ2v) is 2.89. The molecule has 0 N–H and O–H groups in total. The first kappa shape index (κ1) is 10.9. The molecule has 1 rings (SSSR count). The second kappa shape index (κ2) is 3.90. The summed E-state index contributed by atoms with van der Waals surface area (Å²) in [4.78, 5) is 0. The number of hydrogen-bond donors (Lipinski definition) is 0. The van der Waals surface area contributed by atoms with E-state index < -0.39 is 6.36 Å². The van der Waals surface area contributed by atoms with E-state index in [4.69, 9.17) is 0 Å². The Hall–Kier alpha value is -1.19. The average molecular weight is 203 g/mol. The van der Waals surface area contributed by atoms with Crippen molar-refractivity contribution in [1.29, 1.82) is 0 Å². The van der Waals surface area contributed by atoms with E-state index in [1.54, 1.807) is 6.07 Å². The monoisotopic (exact) mass is 203 g/mol. The minimum Gasteiger partial charge on any atom is -0.406 e. The van der Waals surface area contributed by atoms with Crippen molar-refractivity contribution in [3.63, 3.8) is 0 Å². The molecule has 0 spiro atoms. The van der Waals surface area contributed by atoms with E-state index >= 15 is 0 Å². The minimum atomic E-state index is -4.64. The lowest BCUT2D eigenvalue weighted by molar-refractivity contribution is -0.274. The van der Waals surface area contributed by atoms with Crippen molar-refractivity contribution in [2.45, 2.75) is 19.7 Å². The van der Waals surface area contributed by atoms with Crippen molar-refractivity contribution >= 4 is 0 Å². The third-order valence-electron chi connectivity index (χ3n) is 1.67. The van der Waals surface area contributed by atoms with Gasteiger partial charge in [0.25, 0.3) is 0 Å². The molecule has 0 amide bonds. The normalized spacial score (nSPS) is 11.5. The van der Waals surface area contributed by atoms with Gasteiger partial charge in [-0.25, -0.2) is 0 Å². The van der Waals surface area contributed by atoms with Gasteiger partial charge in [-0.3, -0.25) is 0 Å². The molecule has 0 saturated carbocycles. The third kappa shape index (κ3) is 3.28. The molecule has 0 atom stereocenters. The van der Waals surface area contributed by atoms with Crippen LogP contribution in [0, 0.1) is 6.92 Å². The number of alkyl halides is 3. The van der Waals surface area contributed by atoms with Crippen molar-refractivity contribution in [1.82, 2.24) is 0 Å². The van der Waals surface area contributed by atoms with Gasteiger partial charge in [-0.15, -0.1) is 13.2 Å². The van der Waals surface area contributed by atoms with Crippen LogP contribution in [-0.4, -0.2) is 6.36 Å². The molecule has 0 aliphatic carbocycles. The molecule has 4 heteroatoms. The summed E-state index contributed by atoms with van der Waals surface area (Å²) >= 11 is 0. The lowest BCUT2D eigenvalue weighted by Gasteiger charge is -2.10. The molecule has 77 valence electrons. The predicted molar refractivity (Wildman–Crippen MR) is 47.0 cm³/mol. The maximum absolute atomic E-state index is 11.9. The summed E-state index contributed by atoms with van der Waals surface area (Å²) in [5.41, 5.74) is 1.29. The number of benzene rings is 1. The van der Waals surface area contributed by atoms with E-state index in [-0.39, 0.29) is 5.75 Å². The van der Waals surface area contributed by atoms with E-state index in [2.05, 4.69) is 11.7 Å². The first-order valence-electron chi connectivity index (χ1n) is 4.12. The lowest BCUT2D eigenvalue weighted by atomic mass is 10.1. The Balaban J connectivity index is 2.92. The fourth-order valence-electron chi connectivity index (χ4n) is 1.13. The lowest BCUT2D eigenvalue weighted by Crippen LogP contribution is -2.17. The fourth-order valence-corrected chi connectivity index (χ4v) is 1.13. The van der Waals surface area contributed by atoms with Crippen LogP contribution in [0.5, 0.6) is 5.75 Å². The second-order valence-electron chi connectivity index (χ2n) is 2.89. The zero-order valence-corrected chi connectivity index (χ0v) is 7.69. The van der Waals surface area contributed by atoms with Crippen LogP contribution in [0.2, 0.25) is 0 Å². The van der Waals surface area contributed by atoms with Crippen LogP contribution in [0.3, 0.4) is 0 Å². The maximum atomic E-state index is 11.9. The molecule has 0 saturated heterocycles. The van der Waals surface area contributed by atoms with Crippen LogP contribution >= 0.6 is 0 Å². The fraction of sp³-hybridized carbons (Fsp3) is 0.300. The SMILES string of the molecule is [CH2]c1cc(CC)cc(OC(F)(F)F)c1. The largest absolute Gasteiger partial charge is 0.573 e. The molecular weight excluding hydrogens is 193 g/mol. The molecule has 1 nitrogen and oxygen atoms in total. The summed E-state index contributed by atoms with van der Waals surface area (Å²) in [7, 11) is 0. The highest BCUT2D eigenvalue weighted by atomic mass is 19.4. The van der Waals surface area contributed by atoms with Gasteiger partial charge in [-0.1, -0.05) is 13.0 Å². The Morgan fingerprint density at radius 3 is 2.43 bits per heavy atom. The smallest absolute Gasteiger partial charge is 0.406 e. The molecule has 1 aromatic carbocycles. The first-order chi connectivity index (χ1) is 6.40. The van der Waals surface area contributed by atoms with Crippen LogP contribution in [0.4, 0.5) is 13.2 Å². The number of rotatable bonds is 2. The molecule has 0 aliphatic heterocycles. The summed E-state index contributed by atoms with van der Waals surface area (Å²) in [5.74, 6) is -0.207. The van der Waals surface area contributed by atoms with E-state index in [0.717, 1.165) is 5.56 Å². The van der Waals surface area contributed by atoms with Gasteiger partial charge in [0.1, 0.15) is 5.75 Å². The van der Waals surface area contributed by atoms with Gasteiger partial charge in [-0.2, -0.15) is 0 Å². The highest BCUT2D eigenvalue weighted by Crippen LogP contribution is 2.24. The van der Waals surface area contributed by atoms with E-state index in [1.807, 2.05) is 6.92 Å². The third-order valence-corrected chi connectivity index (χ3v) is 1.67. The molecule has 14 heavy (non-hydrogen) atoms. The summed E-state index contributed by atoms with van der Waals surface area (Å²) < 4.78 is 39.4. The van der Waals surface area contributed by atoms with Gasteiger partial charge in [0.15, 0.2) is 0 Å². The van der Waals surface area contributed by atoms with Crippen molar-refractivity contribution in [2.24, 2.45) is 0 Å². The minimum absolute atomic E-state index is 0.207. The standard InChI is InChI=1S/C10H10F3O/c1-3-8-4-7(2)5-9(6-8)14-10(11,12)13/h4-6H,2-3H2,1H3. The Bertz CT molecular complexity index is 318. The Morgan fingerprint density at radius 1 is 1.29 bits per heavy atom. The topological polar surface area (TPSA) is 9.23 Å². The predicted octanol–water partition coefficient (Wildman–Crippen LogP) is 3.33. The van der Waals surface area contributed by atoms with Gasteiger partial charge in [0.05, 0.1) is 0 Å². The zero-order valence-electron chi connectivity index (χ0n) is 7.69. The average Bonchev–Trinajstić information content (AvgIpc) is 1.99. The zero-order chi connectivity index (χ0) is 10.8. The quantitative estimate of drug-likeness (QED) is 0.716. The highest BCUT2D eigenvalue weighted by Gasteiger charge is 2.31. The summed E-state index contributed by atoms with van der Waals surface area (Å²) in [6, 6.07) is 4.35. The summed E-state index contributed by atoms with van der Waals surface area (Å²) in [5, 5.41) is 0. The van der Waals surface area contributed by atoms with Crippen LogP contribution in [0.25, 0.3) is 0 Å². The van der Waals surface area contributed by atoms with E-state index in [1.165, 1.54) is 12.1 Å². The molecule has 0 aromatic heterocycles. The van der Waals surface area contributed by atoms with Crippen molar-refractivity contribution in [3.8, 4) is 5.75 Å². The van der Waals surface area contributed by atoms with E-state index in [0.29, 0.717) is 12.0 Å². The highest BCUT2D eigenvalue weighted by molar-refractivity contribution is 5.35. The molecule has 1 aromatic rings. The molecule has 0 unspecified atom stereocenters. The van der Waals surface area contributed by atoms with Crippen molar-refractivity contribution in [2.75, 3.05) is 0 Å². The number of halogens is 3.